The van der Waals surface area contributed by atoms with Crippen LogP contribution in [0.25, 0.3) is 0 Å². The number of halogens is 3. The molecule has 1 rings (SSSR count). The van der Waals surface area contributed by atoms with Crippen molar-refractivity contribution in [2.24, 2.45) is 0 Å². The molecular formula is C10H11ClFIO. The molecule has 4 heteroatoms. The van der Waals surface area contributed by atoms with E-state index >= 15 is 0 Å². The standard InChI is InChI=1S/C10H11ClFIO/c1-2-3-6-14-8-5-4-7(13)10(12)9(8)11/h4-5H,2-3,6H2,1H3. The maximum absolute atomic E-state index is 13.3. The molecule has 0 aliphatic heterocycles. The molecule has 0 N–H and O–H groups in total. The zero-order valence-corrected chi connectivity index (χ0v) is 10.7. The molecule has 0 radical (unpaired) electrons. The SMILES string of the molecule is CCCCOc1ccc(I)c(F)c1Cl. The number of unbranched alkanes of at least 4 members (excludes halogenated alkanes) is 1. The van der Waals surface area contributed by atoms with Crippen molar-refractivity contribution < 1.29 is 9.13 Å². The van der Waals surface area contributed by atoms with Gasteiger partial charge in [-0.2, -0.15) is 0 Å². The van der Waals surface area contributed by atoms with Gasteiger partial charge in [0.1, 0.15) is 10.8 Å². The van der Waals surface area contributed by atoms with Gasteiger partial charge in [0.15, 0.2) is 5.82 Å². The van der Waals surface area contributed by atoms with Crippen molar-refractivity contribution in [2.75, 3.05) is 6.61 Å². The van der Waals surface area contributed by atoms with E-state index in [1.165, 1.54) is 0 Å². The zero-order chi connectivity index (χ0) is 10.6. The molecule has 0 aliphatic rings. The van der Waals surface area contributed by atoms with Crippen LogP contribution in [0.4, 0.5) is 4.39 Å². The zero-order valence-electron chi connectivity index (χ0n) is 7.82. The number of rotatable bonds is 4. The first-order valence-corrected chi connectivity index (χ1v) is 5.88. The quantitative estimate of drug-likeness (QED) is 0.456. The molecule has 0 heterocycles. The van der Waals surface area contributed by atoms with Crippen molar-refractivity contribution in [1.82, 2.24) is 0 Å². The van der Waals surface area contributed by atoms with Crippen molar-refractivity contribution in [3.05, 3.63) is 26.5 Å². The first kappa shape index (κ1) is 12.0. The summed E-state index contributed by atoms with van der Waals surface area (Å²) in [6.45, 7) is 2.65. The normalized spacial score (nSPS) is 10.3. The summed E-state index contributed by atoms with van der Waals surface area (Å²) in [6, 6.07) is 3.35. The molecule has 1 nitrogen and oxygen atoms in total. The van der Waals surface area contributed by atoms with Crippen LogP contribution in [0.3, 0.4) is 0 Å². The topological polar surface area (TPSA) is 9.23 Å². The van der Waals surface area contributed by atoms with Crippen molar-refractivity contribution in [3.8, 4) is 5.75 Å². The summed E-state index contributed by atoms with van der Waals surface area (Å²) < 4.78 is 19.1. The van der Waals surface area contributed by atoms with Crippen LogP contribution < -0.4 is 4.74 Å². The summed E-state index contributed by atoms with van der Waals surface area (Å²) in [4.78, 5) is 0. The monoisotopic (exact) mass is 328 g/mol. The van der Waals surface area contributed by atoms with E-state index in [2.05, 4.69) is 6.92 Å². The van der Waals surface area contributed by atoms with Gasteiger partial charge < -0.3 is 4.74 Å². The molecule has 0 amide bonds. The maximum Gasteiger partial charge on any atom is 0.158 e. The van der Waals surface area contributed by atoms with Gasteiger partial charge in [-0.3, -0.25) is 0 Å². The minimum Gasteiger partial charge on any atom is -0.492 e. The highest BCUT2D eigenvalue weighted by Gasteiger charge is 2.10. The first-order valence-electron chi connectivity index (χ1n) is 4.43. The van der Waals surface area contributed by atoms with Gasteiger partial charge in [0.2, 0.25) is 0 Å². The van der Waals surface area contributed by atoms with Gasteiger partial charge >= 0.3 is 0 Å². The molecule has 0 spiro atoms. The molecule has 0 aliphatic carbocycles. The van der Waals surface area contributed by atoms with Gasteiger partial charge in [0.05, 0.1) is 10.2 Å². The Kier molecular flexibility index (Phi) is 4.95. The van der Waals surface area contributed by atoms with Crippen molar-refractivity contribution in [3.63, 3.8) is 0 Å². The predicted molar refractivity (Wildman–Crippen MR) is 64.5 cm³/mol. The highest BCUT2D eigenvalue weighted by Crippen LogP contribution is 2.30. The molecule has 78 valence electrons. The lowest BCUT2D eigenvalue weighted by Gasteiger charge is -2.08. The van der Waals surface area contributed by atoms with Crippen molar-refractivity contribution in [2.45, 2.75) is 19.8 Å². The Labute approximate surface area is 102 Å². The second-order valence-corrected chi connectivity index (χ2v) is 4.42. The van der Waals surface area contributed by atoms with E-state index in [0.717, 1.165) is 12.8 Å². The molecule has 1 aromatic carbocycles. The van der Waals surface area contributed by atoms with Crippen LogP contribution in [0.2, 0.25) is 5.02 Å². The minimum atomic E-state index is -0.402. The lowest BCUT2D eigenvalue weighted by molar-refractivity contribution is 0.308. The van der Waals surface area contributed by atoms with E-state index in [4.69, 9.17) is 16.3 Å². The van der Waals surface area contributed by atoms with Gasteiger partial charge in [-0.25, -0.2) is 4.39 Å². The lowest BCUT2D eigenvalue weighted by Crippen LogP contribution is -1.98. The van der Waals surface area contributed by atoms with E-state index in [-0.39, 0.29) is 5.02 Å². The van der Waals surface area contributed by atoms with Gasteiger partial charge in [0, 0.05) is 0 Å². The Hall–Kier alpha value is -0.0300. The lowest BCUT2D eigenvalue weighted by atomic mass is 10.3. The molecular weight excluding hydrogens is 317 g/mol. The third-order valence-corrected chi connectivity index (χ3v) is 2.94. The van der Waals surface area contributed by atoms with E-state index < -0.39 is 5.82 Å². The van der Waals surface area contributed by atoms with Crippen LogP contribution >= 0.6 is 34.2 Å². The summed E-state index contributed by atoms with van der Waals surface area (Å²) in [5.74, 6) is 0.0271. The van der Waals surface area contributed by atoms with Crippen LogP contribution in [0, 0.1) is 9.39 Å². The average molecular weight is 329 g/mol. The summed E-state index contributed by atoms with van der Waals surface area (Å²) in [6.07, 6.45) is 1.99. The van der Waals surface area contributed by atoms with Gasteiger partial charge in [-0.1, -0.05) is 24.9 Å². The smallest absolute Gasteiger partial charge is 0.158 e. The van der Waals surface area contributed by atoms with Crippen molar-refractivity contribution >= 4 is 34.2 Å². The summed E-state index contributed by atoms with van der Waals surface area (Å²) in [5.41, 5.74) is 0. The minimum absolute atomic E-state index is 0.0769. The molecule has 14 heavy (non-hydrogen) atoms. The molecule has 0 bridgehead atoms. The van der Waals surface area contributed by atoms with Gasteiger partial charge in [-0.15, -0.1) is 0 Å². The maximum atomic E-state index is 13.3. The Bertz CT molecular complexity index is 317. The Morgan fingerprint density at radius 3 is 2.86 bits per heavy atom. The van der Waals surface area contributed by atoms with Crippen LogP contribution in [-0.2, 0) is 0 Å². The second-order valence-electron chi connectivity index (χ2n) is 2.88. The van der Waals surface area contributed by atoms with Crippen LogP contribution in [-0.4, -0.2) is 6.61 Å². The molecule has 0 saturated carbocycles. The van der Waals surface area contributed by atoms with E-state index in [1.54, 1.807) is 12.1 Å². The third-order valence-electron chi connectivity index (χ3n) is 1.76. The molecule has 0 saturated heterocycles. The van der Waals surface area contributed by atoms with Crippen LogP contribution in [0.5, 0.6) is 5.75 Å². The molecule has 1 aromatic rings. The fourth-order valence-corrected chi connectivity index (χ4v) is 1.77. The van der Waals surface area contributed by atoms with Crippen molar-refractivity contribution in [1.29, 1.82) is 0 Å². The van der Waals surface area contributed by atoms with E-state index in [9.17, 15) is 4.39 Å². The summed E-state index contributed by atoms with van der Waals surface area (Å²) >= 11 is 7.67. The fourth-order valence-electron chi connectivity index (χ4n) is 0.946. The number of ether oxygens (including phenoxy) is 1. The Morgan fingerprint density at radius 1 is 1.50 bits per heavy atom. The highest BCUT2D eigenvalue weighted by molar-refractivity contribution is 14.1. The number of benzene rings is 1. The average Bonchev–Trinajstić information content (AvgIpc) is 2.18. The molecule has 0 atom stereocenters. The van der Waals surface area contributed by atoms with E-state index in [0.29, 0.717) is 15.9 Å². The van der Waals surface area contributed by atoms with Crippen LogP contribution in [0.15, 0.2) is 12.1 Å². The molecule has 0 unspecified atom stereocenters. The van der Waals surface area contributed by atoms with Crippen LogP contribution in [0.1, 0.15) is 19.8 Å². The molecule has 0 fully saturated rings. The summed E-state index contributed by atoms with van der Waals surface area (Å²) in [7, 11) is 0. The second kappa shape index (κ2) is 5.75. The highest BCUT2D eigenvalue weighted by atomic mass is 127. The molecule has 0 aromatic heterocycles. The van der Waals surface area contributed by atoms with E-state index in [1.807, 2.05) is 22.6 Å². The van der Waals surface area contributed by atoms with Gasteiger partial charge in [0.25, 0.3) is 0 Å². The summed E-state index contributed by atoms with van der Waals surface area (Å²) in [5, 5.41) is 0.0769. The fraction of sp³-hybridized carbons (Fsp3) is 0.400. The Balaban J connectivity index is 2.73. The number of hydrogen-bond donors (Lipinski definition) is 0. The number of hydrogen-bond acceptors (Lipinski definition) is 1. The Morgan fingerprint density at radius 2 is 2.21 bits per heavy atom. The first-order chi connectivity index (χ1) is 6.66. The predicted octanol–water partition coefficient (Wildman–Crippen LogP) is 4.26. The van der Waals surface area contributed by atoms with Gasteiger partial charge in [-0.05, 0) is 41.1 Å². The largest absolute Gasteiger partial charge is 0.492 e. The third kappa shape index (κ3) is 2.98.